The van der Waals surface area contributed by atoms with Crippen LogP contribution in [0.4, 0.5) is 0 Å². The quantitative estimate of drug-likeness (QED) is 0.660. The summed E-state index contributed by atoms with van der Waals surface area (Å²) in [5.74, 6) is 3.42. The molecule has 3 rings (SSSR count). The monoisotopic (exact) mass is 408 g/mol. The van der Waals surface area contributed by atoms with Crippen molar-refractivity contribution in [3.8, 4) is 5.88 Å². The fraction of sp³-hybridized carbons (Fsp3) is 0.714. The number of hydrogen-bond donors (Lipinski definition) is 0. The van der Waals surface area contributed by atoms with Gasteiger partial charge >= 0.3 is 0 Å². The number of sulfone groups is 1. The number of piperidine rings is 1. The lowest BCUT2D eigenvalue weighted by molar-refractivity contribution is -0.133. The van der Waals surface area contributed by atoms with Crippen LogP contribution < -0.4 is 4.74 Å². The number of carbonyl (C=O) groups is 1. The third-order valence-corrected chi connectivity index (χ3v) is 7.03. The van der Waals surface area contributed by atoms with Crippen LogP contribution in [0.1, 0.15) is 46.0 Å². The van der Waals surface area contributed by atoms with E-state index in [4.69, 9.17) is 4.74 Å². The van der Waals surface area contributed by atoms with E-state index >= 15 is 0 Å². The maximum atomic E-state index is 12.2. The maximum Gasteiger partial charge on any atom is 0.222 e. The summed E-state index contributed by atoms with van der Waals surface area (Å²) in [6.07, 6.45) is 7.69. The average molecular weight is 409 g/mol. The first-order chi connectivity index (χ1) is 13.2. The van der Waals surface area contributed by atoms with Crippen LogP contribution in [0.2, 0.25) is 0 Å². The van der Waals surface area contributed by atoms with Gasteiger partial charge in [-0.25, -0.2) is 13.4 Å². The highest BCUT2D eigenvalue weighted by Crippen LogP contribution is 2.49. The summed E-state index contributed by atoms with van der Waals surface area (Å²) < 4.78 is 28.6. The number of hydrogen-bond acceptors (Lipinski definition) is 5. The zero-order chi connectivity index (χ0) is 20.3. The van der Waals surface area contributed by atoms with Crippen LogP contribution in [0.5, 0.6) is 5.88 Å². The summed E-state index contributed by atoms with van der Waals surface area (Å²) in [5.41, 5.74) is 0. The molecule has 0 N–H and O–H groups in total. The molecule has 1 aliphatic heterocycles. The lowest BCUT2D eigenvalue weighted by Crippen LogP contribution is -2.39. The van der Waals surface area contributed by atoms with Crippen LogP contribution in [0.25, 0.3) is 0 Å². The van der Waals surface area contributed by atoms with Gasteiger partial charge in [0.05, 0.1) is 11.5 Å². The van der Waals surface area contributed by atoms with Gasteiger partial charge < -0.3 is 9.64 Å². The Kier molecular flexibility index (Phi) is 6.63. The molecule has 156 valence electrons. The number of aromatic nitrogens is 1. The minimum Gasteiger partial charge on any atom is -0.478 e. The SMILES string of the molecule is CC(C)CC(=O)N1CCC(C2CC2CCOc2ccc(S(C)(=O)=O)cn2)CC1. The van der Waals surface area contributed by atoms with E-state index < -0.39 is 9.84 Å². The first kappa shape index (κ1) is 21.1. The van der Waals surface area contributed by atoms with Crippen LogP contribution >= 0.6 is 0 Å². The molecule has 1 aliphatic carbocycles. The molecule has 1 saturated heterocycles. The Hall–Kier alpha value is -1.63. The van der Waals surface area contributed by atoms with Gasteiger partial charge in [-0.1, -0.05) is 13.8 Å². The predicted octanol–water partition coefficient (Wildman–Crippen LogP) is 3.17. The van der Waals surface area contributed by atoms with Crippen molar-refractivity contribution < 1.29 is 17.9 Å². The lowest BCUT2D eigenvalue weighted by atomic mass is 9.90. The van der Waals surface area contributed by atoms with Crippen molar-refractivity contribution in [3.05, 3.63) is 18.3 Å². The number of carbonyl (C=O) groups excluding carboxylic acids is 1. The highest BCUT2D eigenvalue weighted by molar-refractivity contribution is 7.90. The molecule has 0 spiro atoms. The molecule has 0 aromatic carbocycles. The van der Waals surface area contributed by atoms with Crippen molar-refractivity contribution in [3.63, 3.8) is 0 Å². The normalized spacial score (nSPS) is 23.1. The Morgan fingerprint density at radius 1 is 1.29 bits per heavy atom. The first-order valence-corrected chi connectivity index (χ1v) is 12.2. The molecule has 1 amide bonds. The summed E-state index contributed by atoms with van der Waals surface area (Å²) in [7, 11) is -3.22. The van der Waals surface area contributed by atoms with Crippen molar-refractivity contribution >= 4 is 15.7 Å². The van der Waals surface area contributed by atoms with Gasteiger partial charge in [-0.15, -0.1) is 0 Å². The van der Waals surface area contributed by atoms with E-state index in [1.165, 1.54) is 24.9 Å². The molecular weight excluding hydrogens is 376 g/mol. The Labute approximate surface area is 168 Å². The molecule has 2 aliphatic rings. The van der Waals surface area contributed by atoms with Crippen molar-refractivity contribution in [1.29, 1.82) is 0 Å². The smallest absolute Gasteiger partial charge is 0.222 e. The molecule has 1 aromatic heterocycles. The molecule has 28 heavy (non-hydrogen) atoms. The van der Waals surface area contributed by atoms with Crippen molar-refractivity contribution in [2.75, 3.05) is 26.0 Å². The molecule has 2 fully saturated rings. The van der Waals surface area contributed by atoms with Gasteiger partial charge in [-0.05, 0) is 55.4 Å². The van der Waals surface area contributed by atoms with Crippen LogP contribution in [0.3, 0.4) is 0 Å². The van der Waals surface area contributed by atoms with Crippen molar-refractivity contribution in [2.24, 2.45) is 23.7 Å². The number of amides is 1. The number of pyridine rings is 1. The van der Waals surface area contributed by atoms with Crippen LogP contribution in [-0.2, 0) is 14.6 Å². The van der Waals surface area contributed by atoms with E-state index in [-0.39, 0.29) is 4.90 Å². The fourth-order valence-electron chi connectivity index (χ4n) is 4.22. The van der Waals surface area contributed by atoms with E-state index in [2.05, 4.69) is 18.8 Å². The Morgan fingerprint density at radius 3 is 2.57 bits per heavy atom. The van der Waals surface area contributed by atoms with E-state index in [1.54, 1.807) is 6.07 Å². The minimum absolute atomic E-state index is 0.209. The van der Waals surface area contributed by atoms with Gasteiger partial charge in [0.25, 0.3) is 0 Å². The molecule has 6 nitrogen and oxygen atoms in total. The molecule has 0 bridgehead atoms. The highest BCUT2D eigenvalue weighted by atomic mass is 32.2. The van der Waals surface area contributed by atoms with Gasteiger partial charge in [-0.2, -0.15) is 0 Å². The van der Waals surface area contributed by atoms with Crippen molar-refractivity contribution in [2.45, 2.75) is 50.8 Å². The molecule has 7 heteroatoms. The Morgan fingerprint density at radius 2 is 2.00 bits per heavy atom. The third kappa shape index (κ3) is 5.69. The van der Waals surface area contributed by atoms with Gasteiger partial charge in [0.1, 0.15) is 0 Å². The summed E-state index contributed by atoms with van der Waals surface area (Å²) in [6.45, 7) is 6.62. The van der Waals surface area contributed by atoms with Crippen LogP contribution in [0.15, 0.2) is 23.2 Å². The fourth-order valence-corrected chi connectivity index (χ4v) is 4.78. The molecule has 2 atom stereocenters. The largest absolute Gasteiger partial charge is 0.478 e. The second-order valence-corrected chi connectivity index (χ2v) is 10.7. The number of nitrogens with zero attached hydrogens (tertiary/aromatic N) is 2. The zero-order valence-electron chi connectivity index (χ0n) is 17.1. The van der Waals surface area contributed by atoms with E-state index in [9.17, 15) is 13.2 Å². The van der Waals surface area contributed by atoms with Gasteiger partial charge in [0, 0.05) is 38.0 Å². The lowest BCUT2D eigenvalue weighted by Gasteiger charge is -2.33. The zero-order valence-corrected chi connectivity index (χ0v) is 18.0. The predicted molar refractivity (Wildman–Crippen MR) is 108 cm³/mol. The number of ether oxygens (including phenoxy) is 1. The topological polar surface area (TPSA) is 76.6 Å². The van der Waals surface area contributed by atoms with E-state index in [0.29, 0.717) is 36.7 Å². The van der Waals surface area contributed by atoms with Gasteiger partial charge in [0.15, 0.2) is 9.84 Å². The van der Waals surface area contributed by atoms with Crippen LogP contribution in [0, 0.1) is 23.7 Å². The standard InChI is InChI=1S/C21H32N2O4S/c1-15(2)12-21(24)23-9-6-16(7-10-23)19-13-17(19)8-11-27-20-5-4-18(14-22-20)28(3,25)26/h4-5,14-17,19H,6-13H2,1-3H3. The minimum atomic E-state index is -3.22. The first-order valence-electron chi connectivity index (χ1n) is 10.3. The third-order valence-electron chi connectivity index (χ3n) is 5.93. The summed E-state index contributed by atoms with van der Waals surface area (Å²) in [5, 5.41) is 0. The van der Waals surface area contributed by atoms with Gasteiger partial charge in [-0.3, -0.25) is 4.79 Å². The highest BCUT2D eigenvalue weighted by Gasteiger charge is 2.43. The average Bonchev–Trinajstić information content (AvgIpc) is 3.40. The molecule has 0 radical (unpaired) electrons. The summed E-state index contributed by atoms with van der Waals surface area (Å²) in [4.78, 5) is 18.5. The van der Waals surface area contributed by atoms with Gasteiger partial charge in [0.2, 0.25) is 11.8 Å². The Balaban J connectivity index is 1.35. The maximum absolute atomic E-state index is 12.2. The van der Waals surface area contributed by atoms with E-state index in [1.807, 2.05) is 4.90 Å². The second-order valence-electron chi connectivity index (χ2n) is 8.72. The second kappa shape index (κ2) is 8.80. The number of rotatable bonds is 8. The van der Waals surface area contributed by atoms with E-state index in [0.717, 1.165) is 44.2 Å². The molecule has 2 unspecified atom stereocenters. The molecule has 1 aromatic rings. The van der Waals surface area contributed by atoms with Crippen LogP contribution in [-0.4, -0.2) is 50.2 Å². The summed E-state index contributed by atoms with van der Waals surface area (Å²) >= 11 is 0. The molecular formula is C21H32N2O4S. The Bertz CT molecular complexity index is 768. The number of likely N-dealkylation sites (tertiary alicyclic amines) is 1. The molecule has 2 heterocycles. The summed E-state index contributed by atoms with van der Waals surface area (Å²) in [6, 6.07) is 3.15. The molecule has 1 saturated carbocycles. The van der Waals surface area contributed by atoms with Crippen molar-refractivity contribution in [1.82, 2.24) is 9.88 Å².